The molecule has 1 amide bonds. The van der Waals surface area contributed by atoms with Gasteiger partial charge in [0.05, 0.1) is 20.6 Å². The van der Waals surface area contributed by atoms with Crippen LogP contribution in [0.1, 0.15) is 74.0 Å². The number of benzene rings is 3. The lowest BCUT2D eigenvalue weighted by atomic mass is 9.97. The first-order valence-corrected chi connectivity index (χ1v) is 13.1. The molecule has 0 radical (unpaired) electrons. The van der Waals surface area contributed by atoms with Crippen LogP contribution in [0.15, 0.2) is 66.7 Å². The molecule has 3 rings (SSSR count). The minimum atomic E-state index is -0.358. The Morgan fingerprint density at radius 2 is 1.50 bits per heavy atom. The molecule has 1 unspecified atom stereocenters. The Bertz CT molecular complexity index is 1200. The van der Waals surface area contributed by atoms with Crippen LogP contribution in [0.25, 0.3) is 11.1 Å². The third-order valence-corrected chi connectivity index (χ3v) is 6.41. The van der Waals surface area contributed by atoms with Gasteiger partial charge in [0.15, 0.2) is 0 Å². The summed E-state index contributed by atoms with van der Waals surface area (Å²) in [6, 6.07) is 21.9. The summed E-state index contributed by atoms with van der Waals surface area (Å²) in [6.45, 7) is 8.91. The van der Waals surface area contributed by atoms with E-state index in [1.165, 1.54) is 12.7 Å². The highest BCUT2D eigenvalue weighted by molar-refractivity contribution is 5.94. The summed E-state index contributed by atoms with van der Waals surface area (Å²) in [5.41, 5.74) is 4.91. The Hall–Kier alpha value is -3.80. The van der Waals surface area contributed by atoms with Crippen LogP contribution >= 0.6 is 0 Å². The molecule has 38 heavy (non-hydrogen) atoms. The van der Waals surface area contributed by atoms with Crippen LogP contribution in [-0.4, -0.2) is 32.6 Å². The van der Waals surface area contributed by atoms with Gasteiger partial charge in [-0.05, 0) is 59.2 Å². The maximum absolute atomic E-state index is 12.4. The second kappa shape index (κ2) is 13.7. The van der Waals surface area contributed by atoms with Crippen molar-refractivity contribution in [3.8, 4) is 22.6 Å². The first kappa shape index (κ1) is 28.8. The first-order valence-electron chi connectivity index (χ1n) is 13.1. The number of methoxy groups -OCH3 is 2. The molecule has 0 aliphatic heterocycles. The van der Waals surface area contributed by atoms with Gasteiger partial charge < -0.3 is 19.5 Å². The minimum absolute atomic E-state index is 0.135. The number of hydrogen-bond acceptors (Lipinski definition) is 5. The highest BCUT2D eigenvalue weighted by Gasteiger charge is 2.18. The SMILES string of the molecule is COC(=O)CCNC(=O)c1ccc(C(CC(C)C)Oc2ccc(-c3ccc(C(C)C)cc3)c(OC)c2)cc1. The van der Waals surface area contributed by atoms with Crippen molar-refractivity contribution in [2.75, 3.05) is 20.8 Å². The average molecular weight is 518 g/mol. The molecule has 202 valence electrons. The van der Waals surface area contributed by atoms with Gasteiger partial charge in [-0.3, -0.25) is 9.59 Å². The van der Waals surface area contributed by atoms with E-state index in [4.69, 9.17) is 9.47 Å². The Labute approximate surface area is 226 Å². The van der Waals surface area contributed by atoms with E-state index in [1.807, 2.05) is 30.3 Å². The number of carbonyl (C=O) groups excluding carboxylic acids is 2. The van der Waals surface area contributed by atoms with Gasteiger partial charge in [0, 0.05) is 23.7 Å². The van der Waals surface area contributed by atoms with E-state index in [0.29, 0.717) is 17.4 Å². The molecule has 0 aliphatic rings. The van der Waals surface area contributed by atoms with Gasteiger partial charge in [-0.2, -0.15) is 0 Å². The normalized spacial score (nSPS) is 11.8. The van der Waals surface area contributed by atoms with Gasteiger partial charge in [0.25, 0.3) is 5.91 Å². The van der Waals surface area contributed by atoms with Crippen molar-refractivity contribution in [1.82, 2.24) is 5.32 Å². The molecule has 1 N–H and O–H groups in total. The fourth-order valence-corrected chi connectivity index (χ4v) is 4.21. The molecule has 0 aromatic heterocycles. The zero-order valence-electron chi connectivity index (χ0n) is 23.2. The van der Waals surface area contributed by atoms with Crippen LogP contribution in [-0.2, 0) is 9.53 Å². The quantitative estimate of drug-likeness (QED) is 0.263. The van der Waals surface area contributed by atoms with Gasteiger partial charge in [-0.15, -0.1) is 0 Å². The number of carbonyl (C=O) groups is 2. The number of esters is 1. The molecule has 0 aliphatic carbocycles. The molecule has 0 saturated carbocycles. The van der Waals surface area contributed by atoms with Crippen LogP contribution in [0.2, 0.25) is 0 Å². The maximum Gasteiger partial charge on any atom is 0.307 e. The summed E-state index contributed by atoms with van der Waals surface area (Å²) >= 11 is 0. The zero-order valence-corrected chi connectivity index (χ0v) is 23.2. The average Bonchev–Trinajstić information content (AvgIpc) is 2.92. The Morgan fingerprint density at radius 1 is 0.842 bits per heavy atom. The second-order valence-electron chi connectivity index (χ2n) is 10.1. The highest BCUT2D eigenvalue weighted by Crippen LogP contribution is 2.36. The second-order valence-corrected chi connectivity index (χ2v) is 10.1. The van der Waals surface area contributed by atoms with Crippen molar-refractivity contribution in [3.05, 3.63) is 83.4 Å². The van der Waals surface area contributed by atoms with Gasteiger partial charge in [-0.25, -0.2) is 0 Å². The summed E-state index contributed by atoms with van der Waals surface area (Å²) in [7, 11) is 3.00. The maximum atomic E-state index is 12.4. The lowest BCUT2D eigenvalue weighted by Gasteiger charge is -2.22. The van der Waals surface area contributed by atoms with E-state index in [-0.39, 0.29) is 30.9 Å². The number of rotatable bonds is 12. The fourth-order valence-electron chi connectivity index (χ4n) is 4.21. The molecule has 6 heteroatoms. The van der Waals surface area contributed by atoms with Crippen molar-refractivity contribution < 1.29 is 23.8 Å². The van der Waals surface area contributed by atoms with Crippen LogP contribution in [0, 0.1) is 5.92 Å². The smallest absolute Gasteiger partial charge is 0.307 e. The van der Waals surface area contributed by atoms with Gasteiger partial charge in [-0.1, -0.05) is 64.1 Å². The van der Waals surface area contributed by atoms with E-state index in [0.717, 1.165) is 34.6 Å². The monoisotopic (exact) mass is 517 g/mol. The Balaban J connectivity index is 1.76. The molecule has 0 bridgehead atoms. The van der Waals surface area contributed by atoms with Crippen molar-refractivity contribution >= 4 is 11.9 Å². The van der Waals surface area contributed by atoms with Crippen LogP contribution in [0.5, 0.6) is 11.5 Å². The summed E-state index contributed by atoms with van der Waals surface area (Å²) in [5.74, 6) is 1.77. The number of amides is 1. The molecule has 6 nitrogen and oxygen atoms in total. The van der Waals surface area contributed by atoms with E-state index >= 15 is 0 Å². The molecule has 0 fully saturated rings. The molecule has 1 atom stereocenters. The van der Waals surface area contributed by atoms with Crippen molar-refractivity contribution in [2.45, 2.75) is 52.6 Å². The van der Waals surface area contributed by atoms with Gasteiger partial charge in [0.2, 0.25) is 0 Å². The van der Waals surface area contributed by atoms with E-state index < -0.39 is 0 Å². The number of ether oxygens (including phenoxy) is 3. The zero-order chi connectivity index (χ0) is 27.7. The number of hydrogen-bond donors (Lipinski definition) is 1. The highest BCUT2D eigenvalue weighted by atomic mass is 16.5. The largest absolute Gasteiger partial charge is 0.496 e. The molecular weight excluding hydrogens is 478 g/mol. The molecule has 3 aromatic rings. The van der Waals surface area contributed by atoms with Gasteiger partial charge >= 0.3 is 5.97 Å². The summed E-state index contributed by atoms with van der Waals surface area (Å²) in [6.07, 6.45) is 0.758. The number of nitrogens with one attached hydrogen (secondary N) is 1. The van der Waals surface area contributed by atoms with E-state index in [2.05, 4.69) is 62.0 Å². The third kappa shape index (κ3) is 7.85. The summed E-state index contributed by atoms with van der Waals surface area (Å²) in [4.78, 5) is 23.7. The molecule has 0 spiro atoms. The molecule has 0 heterocycles. The predicted molar refractivity (Wildman–Crippen MR) is 151 cm³/mol. The van der Waals surface area contributed by atoms with Gasteiger partial charge in [0.1, 0.15) is 17.6 Å². The van der Waals surface area contributed by atoms with Crippen LogP contribution in [0.3, 0.4) is 0 Å². The summed E-state index contributed by atoms with van der Waals surface area (Å²) < 4.78 is 16.8. The first-order chi connectivity index (χ1) is 18.2. The van der Waals surface area contributed by atoms with Crippen LogP contribution in [0.4, 0.5) is 0 Å². The molecule has 0 saturated heterocycles. The van der Waals surface area contributed by atoms with E-state index in [1.54, 1.807) is 19.2 Å². The third-order valence-electron chi connectivity index (χ3n) is 6.41. The van der Waals surface area contributed by atoms with Crippen molar-refractivity contribution in [2.24, 2.45) is 5.92 Å². The predicted octanol–water partition coefficient (Wildman–Crippen LogP) is 6.94. The lowest BCUT2D eigenvalue weighted by molar-refractivity contribution is -0.140. The van der Waals surface area contributed by atoms with Crippen molar-refractivity contribution in [1.29, 1.82) is 0 Å². The van der Waals surface area contributed by atoms with Crippen molar-refractivity contribution in [3.63, 3.8) is 0 Å². The topological polar surface area (TPSA) is 73.9 Å². The standard InChI is InChI=1S/C32H39NO5/c1-21(2)19-29(25-11-13-26(14-12-25)32(35)33-18-17-31(34)37-6)38-27-15-16-28(30(20-27)36-5)24-9-7-23(8-10-24)22(3)4/h7-16,20-22,29H,17-19H2,1-6H3,(H,33,35). The lowest BCUT2D eigenvalue weighted by Crippen LogP contribution is -2.26. The minimum Gasteiger partial charge on any atom is -0.496 e. The van der Waals surface area contributed by atoms with E-state index in [9.17, 15) is 9.59 Å². The molecular formula is C32H39NO5. The Kier molecular flexibility index (Phi) is 10.3. The Morgan fingerprint density at radius 3 is 2.08 bits per heavy atom. The molecule has 3 aromatic carbocycles. The fraction of sp³-hybridized carbons (Fsp3) is 0.375. The van der Waals surface area contributed by atoms with Crippen LogP contribution < -0.4 is 14.8 Å². The summed E-state index contributed by atoms with van der Waals surface area (Å²) in [5, 5.41) is 2.74.